The van der Waals surface area contributed by atoms with Crippen molar-refractivity contribution in [2.45, 2.75) is 6.92 Å². The molecule has 0 bridgehead atoms. The Balaban J connectivity index is 1.88. The van der Waals surface area contributed by atoms with Crippen molar-refractivity contribution in [3.05, 3.63) is 11.3 Å². The first kappa shape index (κ1) is 12.9. The highest BCUT2D eigenvalue weighted by Gasteiger charge is 2.13. The summed E-state index contributed by atoms with van der Waals surface area (Å²) < 4.78 is 1.74. The van der Waals surface area contributed by atoms with Crippen LogP contribution in [0.25, 0.3) is 0 Å². The Morgan fingerprint density at radius 3 is 2.83 bits per heavy atom. The van der Waals surface area contributed by atoms with Crippen LogP contribution in [0.5, 0.6) is 0 Å². The standard InChI is InChI=1S/C12H20N6/c1-10-11(9-13)12(17(2)16-10)15-5-8-18-6-3-14-4-7-18/h14-15H,3-8H2,1-2H3. The number of rotatable bonds is 4. The lowest BCUT2D eigenvalue weighted by Crippen LogP contribution is -2.45. The first-order valence-corrected chi connectivity index (χ1v) is 6.33. The molecule has 1 fully saturated rings. The fourth-order valence-corrected chi connectivity index (χ4v) is 2.26. The molecule has 98 valence electrons. The molecule has 1 aromatic heterocycles. The van der Waals surface area contributed by atoms with Crippen molar-refractivity contribution in [1.29, 1.82) is 5.26 Å². The van der Waals surface area contributed by atoms with Gasteiger partial charge in [-0.15, -0.1) is 0 Å². The number of nitrogens with zero attached hydrogens (tertiary/aromatic N) is 4. The second-order valence-corrected chi connectivity index (χ2v) is 4.56. The van der Waals surface area contributed by atoms with E-state index in [-0.39, 0.29) is 0 Å². The Morgan fingerprint density at radius 2 is 2.17 bits per heavy atom. The number of hydrogen-bond acceptors (Lipinski definition) is 5. The largest absolute Gasteiger partial charge is 0.368 e. The summed E-state index contributed by atoms with van der Waals surface area (Å²) in [6.07, 6.45) is 0. The molecule has 1 saturated heterocycles. The van der Waals surface area contributed by atoms with Crippen LogP contribution in [-0.2, 0) is 7.05 Å². The van der Waals surface area contributed by atoms with E-state index >= 15 is 0 Å². The SMILES string of the molecule is Cc1nn(C)c(NCCN2CCNCC2)c1C#N. The molecule has 18 heavy (non-hydrogen) atoms. The van der Waals surface area contributed by atoms with Gasteiger partial charge in [-0.2, -0.15) is 10.4 Å². The Morgan fingerprint density at radius 1 is 1.44 bits per heavy atom. The van der Waals surface area contributed by atoms with Crippen LogP contribution in [0.1, 0.15) is 11.3 Å². The van der Waals surface area contributed by atoms with E-state index in [0.717, 1.165) is 50.8 Å². The third kappa shape index (κ3) is 2.81. The van der Waals surface area contributed by atoms with Crippen LogP contribution < -0.4 is 10.6 Å². The molecular formula is C12H20N6. The molecular weight excluding hydrogens is 228 g/mol. The van der Waals surface area contributed by atoms with Gasteiger partial charge in [0.05, 0.1) is 5.69 Å². The van der Waals surface area contributed by atoms with Crippen molar-refractivity contribution in [3.63, 3.8) is 0 Å². The summed E-state index contributed by atoms with van der Waals surface area (Å²) in [5.74, 6) is 0.824. The van der Waals surface area contributed by atoms with E-state index in [4.69, 9.17) is 5.26 Å². The van der Waals surface area contributed by atoms with Crippen LogP contribution in [0.15, 0.2) is 0 Å². The summed E-state index contributed by atoms with van der Waals surface area (Å²) in [5.41, 5.74) is 1.43. The summed E-state index contributed by atoms with van der Waals surface area (Å²) in [4.78, 5) is 2.42. The maximum Gasteiger partial charge on any atom is 0.142 e. The van der Waals surface area contributed by atoms with Crippen molar-refractivity contribution in [2.75, 3.05) is 44.6 Å². The van der Waals surface area contributed by atoms with Crippen molar-refractivity contribution < 1.29 is 0 Å². The van der Waals surface area contributed by atoms with Crippen LogP contribution in [0.3, 0.4) is 0 Å². The van der Waals surface area contributed by atoms with Gasteiger partial charge < -0.3 is 10.6 Å². The maximum atomic E-state index is 9.10. The highest BCUT2D eigenvalue weighted by Crippen LogP contribution is 2.16. The number of aromatic nitrogens is 2. The summed E-state index contributed by atoms with van der Waals surface area (Å²) in [7, 11) is 1.86. The van der Waals surface area contributed by atoms with Gasteiger partial charge in [0.2, 0.25) is 0 Å². The van der Waals surface area contributed by atoms with Gasteiger partial charge in [-0.25, -0.2) is 0 Å². The van der Waals surface area contributed by atoms with E-state index in [2.05, 4.69) is 26.7 Å². The van der Waals surface area contributed by atoms with Gasteiger partial charge in [-0.3, -0.25) is 9.58 Å². The summed E-state index contributed by atoms with van der Waals surface area (Å²) >= 11 is 0. The molecule has 6 nitrogen and oxygen atoms in total. The number of hydrogen-bond donors (Lipinski definition) is 2. The Bertz CT molecular complexity index is 438. The molecule has 0 saturated carbocycles. The van der Waals surface area contributed by atoms with Gasteiger partial charge in [0.25, 0.3) is 0 Å². The molecule has 2 rings (SSSR count). The highest BCUT2D eigenvalue weighted by atomic mass is 15.3. The fourth-order valence-electron chi connectivity index (χ4n) is 2.26. The molecule has 1 aliphatic rings. The molecule has 1 aliphatic heterocycles. The molecule has 0 unspecified atom stereocenters. The van der Waals surface area contributed by atoms with Crippen LogP contribution in [0.2, 0.25) is 0 Å². The minimum absolute atomic E-state index is 0.651. The van der Waals surface area contributed by atoms with Crippen molar-refractivity contribution >= 4 is 5.82 Å². The molecule has 0 aliphatic carbocycles. The summed E-state index contributed by atoms with van der Waals surface area (Å²) in [6, 6.07) is 2.20. The lowest BCUT2D eigenvalue weighted by atomic mass is 10.2. The quantitative estimate of drug-likeness (QED) is 0.780. The first-order valence-electron chi connectivity index (χ1n) is 6.33. The zero-order chi connectivity index (χ0) is 13.0. The van der Waals surface area contributed by atoms with E-state index in [1.165, 1.54) is 0 Å². The maximum absolute atomic E-state index is 9.10. The van der Waals surface area contributed by atoms with Crippen molar-refractivity contribution in [3.8, 4) is 6.07 Å². The van der Waals surface area contributed by atoms with Crippen molar-refractivity contribution in [2.24, 2.45) is 7.05 Å². The number of anilines is 1. The van der Waals surface area contributed by atoms with E-state index in [1.807, 2.05) is 14.0 Å². The first-order chi connectivity index (χ1) is 8.72. The zero-order valence-electron chi connectivity index (χ0n) is 11.0. The lowest BCUT2D eigenvalue weighted by molar-refractivity contribution is 0.249. The molecule has 0 spiro atoms. The average Bonchev–Trinajstić information content (AvgIpc) is 2.65. The number of aryl methyl sites for hydroxylation is 2. The second-order valence-electron chi connectivity index (χ2n) is 4.56. The normalized spacial score (nSPS) is 16.5. The Kier molecular flexibility index (Phi) is 4.18. The van der Waals surface area contributed by atoms with Gasteiger partial charge in [0.1, 0.15) is 17.5 Å². The molecule has 1 aromatic rings. The smallest absolute Gasteiger partial charge is 0.142 e. The summed E-state index contributed by atoms with van der Waals surface area (Å²) in [5, 5.41) is 20.0. The van der Waals surface area contributed by atoms with Crippen LogP contribution >= 0.6 is 0 Å². The van der Waals surface area contributed by atoms with Gasteiger partial charge in [-0.05, 0) is 6.92 Å². The molecule has 0 aromatic carbocycles. The predicted octanol–water partition coefficient (Wildman–Crippen LogP) is -0.0827. The third-order valence-corrected chi connectivity index (χ3v) is 3.26. The van der Waals surface area contributed by atoms with Crippen LogP contribution in [0.4, 0.5) is 5.82 Å². The van der Waals surface area contributed by atoms with Crippen LogP contribution in [-0.4, -0.2) is 53.9 Å². The topological polar surface area (TPSA) is 68.9 Å². The number of piperazine rings is 1. The van der Waals surface area contributed by atoms with E-state index in [0.29, 0.717) is 5.56 Å². The van der Waals surface area contributed by atoms with Gasteiger partial charge in [-0.1, -0.05) is 0 Å². The van der Waals surface area contributed by atoms with E-state index in [1.54, 1.807) is 4.68 Å². The van der Waals surface area contributed by atoms with Crippen molar-refractivity contribution in [1.82, 2.24) is 20.0 Å². The van der Waals surface area contributed by atoms with Crippen LogP contribution in [0, 0.1) is 18.3 Å². The Labute approximate surface area is 108 Å². The second kappa shape index (κ2) is 5.85. The molecule has 6 heteroatoms. The Hall–Kier alpha value is -1.58. The van der Waals surface area contributed by atoms with Gasteiger partial charge in [0, 0.05) is 46.3 Å². The highest BCUT2D eigenvalue weighted by molar-refractivity contribution is 5.54. The minimum Gasteiger partial charge on any atom is -0.368 e. The van der Waals surface area contributed by atoms with E-state index in [9.17, 15) is 0 Å². The molecule has 2 heterocycles. The fraction of sp³-hybridized carbons (Fsp3) is 0.667. The average molecular weight is 248 g/mol. The van der Waals surface area contributed by atoms with E-state index < -0.39 is 0 Å². The lowest BCUT2D eigenvalue weighted by Gasteiger charge is -2.27. The predicted molar refractivity (Wildman–Crippen MR) is 70.5 cm³/mol. The molecule has 0 amide bonds. The minimum atomic E-state index is 0.651. The monoisotopic (exact) mass is 248 g/mol. The molecule has 0 atom stereocenters. The third-order valence-electron chi connectivity index (χ3n) is 3.26. The zero-order valence-corrected chi connectivity index (χ0v) is 11.0. The summed E-state index contributed by atoms with van der Waals surface area (Å²) in [6.45, 7) is 8.02. The van der Waals surface area contributed by atoms with Gasteiger partial charge >= 0.3 is 0 Å². The molecule has 0 radical (unpaired) electrons. The number of nitriles is 1. The number of nitrogens with one attached hydrogen (secondary N) is 2. The van der Waals surface area contributed by atoms with Gasteiger partial charge in [0.15, 0.2) is 0 Å². The molecule has 2 N–H and O–H groups in total.